The standard InChI is InChI=1S/C19H16N2O3S/c22-16-6-3-11-21-15-5-2-1-4-14(15)18(17(16)21)25-13-9-7-12(8-10-13)19(23)20-24/h1-2,4-5,7-10,24H,3,6,11H2,(H,20,23). The number of hydrogen-bond donors (Lipinski definition) is 2. The van der Waals surface area contributed by atoms with Crippen LogP contribution in [0.5, 0.6) is 0 Å². The number of amides is 1. The molecule has 0 aliphatic carbocycles. The second-order valence-electron chi connectivity index (χ2n) is 5.94. The topological polar surface area (TPSA) is 71.3 Å². The van der Waals surface area contributed by atoms with Crippen LogP contribution in [0.1, 0.15) is 33.7 Å². The third kappa shape index (κ3) is 2.73. The molecular weight excluding hydrogens is 336 g/mol. The van der Waals surface area contributed by atoms with Crippen molar-refractivity contribution in [2.75, 3.05) is 0 Å². The van der Waals surface area contributed by atoms with E-state index in [-0.39, 0.29) is 5.78 Å². The molecule has 1 amide bonds. The summed E-state index contributed by atoms with van der Waals surface area (Å²) >= 11 is 1.53. The maximum absolute atomic E-state index is 12.5. The molecule has 1 aliphatic heterocycles. The Morgan fingerprint density at radius 1 is 1.12 bits per heavy atom. The molecule has 2 heterocycles. The average Bonchev–Trinajstić information content (AvgIpc) is 2.97. The highest BCUT2D eigenvalue weighted by Gasteiger charge is 2.26. The SMILES string of the molecule is O=C(NO)c1ccc(Sc2c3n(c4ccccc24)CCCC3=O)cc1. The van der Waals surface area contributed by atoms with Gasteiger partial charge in [-0.25, -0.2) is 5.48 Å². The number of para-hydroxylation sites is 1. The number of hydrogen-bond acceptors (Lipinski definition) is 4. The minimum atomic E-state index is -0.543. The van der Waals surface area contributed by atoms with Crippen LogP contribution in [0.25, 0.3) is 10.9 Å². The molecule has 0 unspecified atom stereocenters. The number of nitrogens with zero attached hydrogens (tertiary/aromatic N) is 1. The van der Waals surface area contributed by atoms with Crippen LogP contribution in [0.4, 0.5) is 0 Å². The third-order valence-electron chi connectivity index (χ3n) is 4.41. The van der Waals surface area contributed by atoms with E-state index in [4.69, 9.17) is 5.21 Å². The van der Waals surface area contributed by atoms with Crippen molar-refractivity contribution >= 4 is 34.4 Å². The third-order valence-corrected chi connectivity index (χ3v) is 5.54. The van der Waals surface area contributed by atoms with E-state index in [1.165, 1.54) is 11.8 Å². The van der Waals surface area contributed by atoms with Crippen molar-refractivity contribution in [3.63, 3.8) is 0 Å². The predicted molar refractivity (Wildman–Crippen MR) is 95.3 cm³/mol. The van der Waals surface area contributed by atoms with Crippen molar-refractivity contribution in [2.24, 2.45) is 0 Å². The van der Waals surface area contributed by atoms with Crippen LogP contribution in [0, 0.1) is 0 Å². The Morgan fingerprint density at radius 3 is 2.64 bits per heavy atom. The Bertz CT molecular complexity index is 976. The molecule has 0 radical (unpaired) electrons. The second kappa shape index (κ2) is 6.38. The highest BCUT2D eigenvalue weighted by atomic mass is 32.2. The van der Waals surface area contributed by atoms with E-state index in [9.17, 15) is 9.59 Å². The van der Waals surface area contributed by atoms with Crippen molar-refractivity contribution in [3.05, 3.63) is 59.8 Å². The van der Waals surface area contributed by atoms with E-state index in [1.54, 1.807) is 17.6 Å². The van der Waals surface area contributed by atoms with E-state index < -0.39 is 5.91 Å². The van der Waals surface area contributed by atoms with Crippen molar-refractivity contribution < 1.29 is 14.8 Å². The van der Waals surface area contributed by atoms with Gasteiger partial charge in [0.15, 0.2) is 5.78 Å². The van der Waals surface area contributed by atoms with Gasteiger partial charge in [-0.05, 0) is 36.8 Å². The first-order chi connectivity index (χ1) is 12.2. The molecular formula is C19H16N2O3S. The Kier molecular flexibility index (Phi) is 4.07. The van der Waals surface area contributed by atoms with Gasteiger partial charge in [-0.3, -0.25) is 14.8 Å². The normalized spacial score (nSPS) is 13.7. The molecule has 0 atom stereocenters. The van der Waals surface area contributed by atoms with Gasteiger partial charge in [0.05, 0.1) is 5.69 Å². The number of aromatic nitrogens is 1. The molecule has 1 aromatic heterocycles. The summed E-state index contributed by atoms with van der Waals surface area (Å²) in [5, 5.41) is 9.78. The van der Waals surface area contributed by atoms with Crippen molar-refractivity contribution in [1.82, 2.24) is 10.0 Å². The maximum atomic E-state index is 12.5. The summed E-state index contributed by atoms with van der Waals surface area (Å²) in [7, 11) is 0. The van der Waals surface area contributed by atoms with Crippen LogP contribution in [0.15, 0.2) is 58.3 Å². The molecule has 126 valence electrons. The minimum absolute atomic E-state index is 0.182. The number of benzene rings is 2. The smallest absolute Gasteiger partial charge is 0.274 e. The van der Waals surface area contributed by atoms with Crippen LogP contribution in [-0.4, -0.2) is 21.5 Å². The first kappa shape index (κ1) is 15.9. The van der Waals surface area contributed by atoms with Gasteiger partial charge >= 0.3 is 0 Å². The number of fused-ring (bicyclic) bond motifs is 3. The molecule has 1 aliphatic rings. The van der Waals surface area contributed by atoms with Crippen LogP contribution in [0.2, 0.25) is 0 Å². The number of aryl methyl sites for hydroxylation is 1. The first-order valence-corrected chi connectivity index (χ1v) is 8.87. The van der Waals surface area contributed by atoms with Gasteiger partial charge in [-0.2, -0.15) is 0 Å². The highest BCUT2D eigenvalue weighted by molar-refractivity contribution is 7.99. The molecule has 25 heavy (non-hydrogen) atoms. The van der Waals surface area contributed by atoms with Crippen LogP contribution >= 0.6 is 11.8 Å². The Labute approximate surface area is 148 Å². The van der Waals surface area contributed by atoms with Crippen molar-refractivity contribution in [2.45, 2.75) is 29.2 Å². The molecule has 0 fully saturated rings. The van der Waals surface area contributed by atoms with Crippen LogP contribution < -0.4 is 5.48 Å². The van der Waals surface area contributed by atoms with E-state index >= 15 is 0 Å². The Balaban J connectivity index is 1.78. The first-order valence-electron chi connectivity index (χ1n) is 8.06. The molecule has 0 bridgehead atoms. The fourth-order valence-electron chi connectivity index (χ4n) is 3.26. The number of ketones is 1. The summed E-state index contributed by atoms with van der Waals surface area (Å²) in [6.07, 6.45) is 1.46. The second-order valence-corrected chi connectivity index (χ2v) is 7.02. The lowest BCUT2D eigenvalue weighted by molar-refractivity contribution is 0.0706. The number of hydroxylamine groups is 1. The lowest BCUT2D eigenvalue weighted by Crippen LogP contribution is -2.18. The number of Topliss-reactive ketones (excluding diaryl/α,β-unsaturated/α-hetero) is 1. The molecule has 6 heteroatoms. The fourth-order valence-corrected chi connectivity index (χ4v) is 4.37. The fraction of sp³-hybridized carbons (Fsp3) is 0.158. The Morgan fingerprint density at radius 2 is 1.88 bits per heavy atom. The zero-order chi connectivity index (χ0) is 17.4. The van der Waals surface area contributed by atoms with Crippen molar-refractivity contribution in [1.29, 1.82) is 0 Å². The largest absolute Gasteiger partial charge is 0.337 e. The number of nitrogens with one attached hydrogen (secondary N) is 1. The van der Waals surface area contributed by atoms with Gasteiger partial charge in [-0.1, -0.05) is 30.0 Å². The summed E-state index contributed by atoms with van der Waals surface area (Å²) in [6, 6.07) is 15.0. The lowest BCUT2D eigenvalue weighted by atomic mass is 10.1. The molecule has 2 N–H and O–H groups in total. The number of carbonyl (C=O) groups is 2. The van der Waals surface area contributed by atoms with Gasteiger partial charge in [0.2, 0.25) is 0 Å². The van der Waals surface area contributed by atoms with E-state index in [0.717, 1.165) is 39.4 Å². The molecule has 0 saturated heterocycles. The van der Waals surface area contributed by atoms with Gasteiger partial charge in [0, 0.05) is 39.2 Å². The zero-order valence-corrected chi connectivity index (χ0v) is 14.2. The summed E-state index contributed by atoms with van der Waals surface area (Å²) in [5.74, 6) is -0.361. The van der Waals surface area contributed by atoms with Crippen LogP contribution in [-0.2, 0) is 6.54 Å². The molecule has 5 nitrogen and oxygen atoms in total. The van der Waals surface area contributed by atoms with Crippen LogP contribution in [0.3, 0.4) is 0 Å². The van der Waals surface area contributed by atoms with E-state index in [0.29, 0.717) is 12.0 Å². The van der Waals surface area contributed by atoms with Gasteiger partial charge in [0.25, 0.3) is 5.91 Å². The Hall–Kier alpha value is -2.57. The molecule has 0 spiro atoms. The molecule has 3 aromatic rings. The van der Waals surface area contributed by atoms with E-state index in [1.807, 2.05) is 30.3 Å². The summed E-state index contributed by atoms with van der Waals surface area (Å²) in [5.41, 5.74) is 3.88. The number of rotatable bonds is 3. The maximum Gasteiger partial charge on any atom is 0.274 e. The summed E-state index contributed by atoms with van der Waals surface area (Å²) in [4.78, 5) is 25.9. The predicted octanol–water partition coefficient (Wildman–Crippen LogP) is 3.89. The monoisotopic (exact) mass is 352 g/mol. The quantitative estimate of drug-likeness (QED) is 0.554. The average molecular weight is 352 g/mol. The summed E-state index contributed by atoms with van der Waals surface area (Å²) in [6.45, 7) is 0.859. The lowest BCUT2D eigenvalue weighted by Gasteiger charge is -2.16. The molecule has 2 aromatic carbocycles. The van der Waals surface area contributed by atoms with Crippen molar-refractivity contribution in [3.8, 4) is 0 Å². The minimum Gasteiger partial charge on any atom is -0.337 e. The summed E-state index contributed by atoms with van der Waals surface area (Å²) < 4.78 is 2.12. The van der Waals surface area contributed by atoms with E-state index in [2.05, 4.69) is 10.6 Å². The van der Waals surface area contributed by atoms with Gasteiger partial charge in [-0.15, -0.1) is 0 Å². The van der Waals surface area contributed by atoms with Gasteiger partial charge < -0.3 is 4.57 Å². The zero-order valence-electron chi connectivity index (χ0n) is 13.4. The van der Waals surface area contributed by atoms with Gasteiger partial charge in [0.1, 0.15) is 0 Å². The number of carbonyl (C=O) groups excluding carboxylic acids is 2. The highest BCUT2D eigenvalue weighted by Crippen LogP contribution is 2.40. The molecule has 0 saturated carbocycles. The molecule has 4 rings (SSSR count).